The highest BCUT2D eigenvalue weighted by molar-refractivity contribution is 5.75. The monoisotopic (exact) mass is 290 g/mol. The molecule has 21 heavy (non-hydrogen) atoms. The Morgan fingerprint density at radius 1 is 1.43 bits per heavy atom. The van der Waals surface area contributed by atoms with Crippen LogP contribution in [0.5, 0.6) is 5.75 Å². The average molecular weight is 290 g/mol. The van der Waals surface area contributed by atoms with Crippen LogP contribution in [0.15, 0.2) is 24.3 Å². The second-order valence-corrected chi connectivity index (χ2v) is 5.71. The molecule has 1 aromatic rings. The minimum Gasteiger partial charge on any atom is -0.493 e. The van der Waals surface area contributed by atoms with Gasteiger partial charge in [0.2, 0.25) is 5.91 Å². The van der Waals surface area contributed by atoms with E-state index in [0.29, 0.717) is 13.0 Å². The fourth-order valence-corrected chi connectivity index (χ4v) is 2.60. The number of aryl methyl sites for hydroxylation is 1. The van der Waals surface area contributed by atoms with Crippen molar-refractivity contribution in [3.8, 4) is 5.75 Å². The number of hydrogen-bond donors (Lipinski definition) is 2. The first kappa shape index (κ1) is 15.8. The molecule has 0 aromatic heterocycles. The van der Waals surface area contributed by atoms with Gasteiger partial charge in [0.15, 0.2) is 0 Å². The zero-order chi connectivity index (χ0) is 14.9. The van der Waals surface area contributed by atoms with Gasteiger partial charge in [0.05, 0.1) is 6.61 Å². The van der Waals surface area contributed by atoms with Crippen LogP contribution in [0.4, 0.5) is 0 Å². The van der Waals surface area contributed by atoms with E-state index < -0.39 is 0 Å². The van der Waals surface area contributed by atoms with Crippen molar-refractivity contribution in [2.75, 3.05) is 26.2 Å². The maximum absolute atomic E-state index is 11.7. The van der Waals surface area contributed by atoms with Crippen LogP contribution >= 0.6 is 0 Å². The Labute approximate surface area is 127 Å². The molecule has 1 unspecified atom stereocenters. The summed E-state index contributed by atoms with van der Waals surface area (Å²) in [7, 11) is 0. The summed E-state index contributed by atoms with van der Waals surface area (Å²) in [6.07, 6.45) is 3.61. The maximum Gasteiger partial charge on any atom is 0.220 e. The Kier molecular flexibility index (Phi) is 6.54. The van der Waals surface area contributed by atoms with Gasteiger partial charge in [-0.3, -0.25) is 4.79 Å². The summed E-state index contributed by atoms with van der Waals surface area (Å²) in [5.41, 5.74) is 1.13. The van der Waals surface area contributed by atoms with Gasteiger partial charge in [-0.1, -0.05) is 18.2 Å². The molecule has 1 amide bonds. The van der Waals surface area contributed by atoms with Crippen molar-refractivity contribution < 1.29 is 9.53 Å². The van der Waals surface area contributed by atoms with Gasteiger partial charge in [-0.15, -0.1) is 0 Å². The van der Waals surface area contributed by atoms with Crippen molar-refractivity contribution in [2.45, 2.75) is 32.6 Å². The summed E-state index contributed by atoms with van der Waals surface area (Å²) in [5, 5.41) is 6.34. The lowest BCUT2D eigenvalue weighted by atomic mass is 10.1. The standard InChI is InChI=1S/C17H26N2O2/c1-14-5-2-3-6-16(14)21-12-4-7-17(20)19-11-9-15-8-10-18-13-15/h2-3,5-6,15,18H,4,7-13H2,1H3,(H,19,20). The number of carbonyl (C=O) groups is 1. The first-order valence-corrected chi connectivity index (χ1v) is 7.91. The molecule has 1 aliphatic heterocycles. The molecule has 1 saturated heterocycles. The van der Waals surface area contributed by atoms with Crippen molar-refractivity contribution in [1.29, 1.82) is 0 Å². The second-order valence-electron chi connectivity index (χ2n) is 5.71. The third-order valence-electron chi connectivity index (χ3n) is 3.94. The molecule has 2 N–H and O–H groups in total. The normalized spacial score (nSPS) is 17.7. The topological polar surface area (TPSA) is 50.4 Å². The van der Waals surface area contributed by atoms with Crippen molar-refractivity contribution in [3.05, 3.63) is 29.8 Å². The molecule has 4 nitrogen and oxygen atoms in total. The molecule has 0 aliphatic carbocycles. The first-order chi connectivity index (χ1) is 10.3. The van der Waals surface area contributed by atoms with E-state index in [-0.39, 0.29) is 5.91 Å². The predicted molar refractivity (Wildman–Crippen MR) is 84.5 cm³/mol. The molecule has 4 heteroatoms. The Morgan fingerprint density at radius 2 is 2.29 bits per heavy atom. The highest BCUT2D eigenvalue weighted by Crippen LogP contribution is 2.16. The highest BCUT2D eigenvalue weighted by atomic mass is 16.5. The Hall–Kier alpha value is -1.55. The molecular formula is C17H26N2O2. The van der Waals surface area contributed by atoms with E-state index in [4.69, 9.17) is 4.74 Å². The highest BCUT2D eigenvalue weighted by Gasteiger charge is 2.13. The molecule has 0 bridgehead atoms. The molecule has 1 aliphatic rings. The average Bonchev–Trinajstić information content (AvgIpc) is 2.98. The summed E-state index contributed by atoms with van der Waals surface area (Å²) in [5.74, 6) is 1.77. The first-order valence-electron chi connectivity index (χ1n) is 7.91. The van der Waals surface area contributed by atoms with Gasteiger partial charge in [0.1, 0.15) is 5.75 Å². The number of nitrogens with one attached hydrogen (secondary N) is 2. The van der Waals surface area contributed by atoms with Gasteiger partial charge in [0.25, 0.3) is 0 Å². The zero-order valence-corrected chi connectivity index (χ0v) is 12.9. The lowest BCUT2D eigenvalue weighted by molar-refractivity contribution is -0.121. The molecular weight excluding hydrogens is 264 g/mol. The smallest absolute Gasteiger partial charge is 0.220 e. The van der Waals surface area contributed by atoms with Crippen molar-refractivity contribution in [3.63, 3.8) is 0 Å². The van der Waals surface area contributed by atoms with Gasteiger partial charge < -0.3 is 15.4 Å². The van der Waals surface area contributed by atoms with Gasteiger partial charge in [0, 0.05) is 13.0 Å². The minimum atomic E-state index is 0.134. The second kappa shape index (κ2) is 8.67. The summed E-state index contributed by atoms with van der Waals surface area (Å²) < 4.78 is 5.68. The third kappa shape index (κ3) is 5.76. The van der Waals surface area contributed by atoms with E-state index in [0.717, 1.165) is 49.7 Å². The number of carbonyl (C=O) groups excluding carboxylic acids is 1. The van der Waals surface area contributed by atoms with Crippen LogP contribution in [0, 0.1) is 12.8 Å². The molecule has 1 fully saturated rings. The van der Waals surface area contributed by atoms with Crippen LogP contribution in [0.25, 0.3) is 0 Å². The van der Waals surface area contributed by atoms with Crippen LogP contribution in [-0.2, 0) is 4.79 Å². The molecule has 1 aromatic carbocycles. The van der Waals surface area contributed by atoms with Crippen LogP contribution in [-0.4, -0.2) is 32.1 Å². The SMILES string of the molecule is Cc1ccccc1OCCCC(=O)NCCC1CCNC1. The number of rotatable bonds is 8. The van der Waals surface area contributed by atoms with Crippen LogP contribution in [0.3, 0.4) is 0 Å². The minimum absolute atomic E-state index is 0.134. The molecule has 2 rings (SSSR count). The number of amides is 1. The van der Waals surface area contributed by atoms with E-state index in [1.54, 1.807) is 0 Å². The Bertz CT molecular complexity index is 442. The number of benzene rings is 1. The fraction of sp³-hybridized carbons (Fsp3) is 0.588. The van der Waals surface area contributed by atoms with Crippen LogP contribution in [0.2, 0.25) is 0 Å². The van der Waals surface area contributed by atoms with Crippen molar-refractivity contribution in [2.24, 2.45) is 5.92 Å². The summed E-state index contributed by atoms with van der Waals surface area (Å²) in [4.78, 5) is 11.7. The molecule has 116 valence electrons. The summed E-state index contributed by atoms with van der Waals surface area (Å²) in [6.45, 7) is 5.63. The van der Waals surface area contributed by atoms with Crippen molar-refractivity contribution >= 4 is 5.91 Å². The maximum atomic E-state index is 11.7. The Morgan fingerprint density at radius 3 is 3.05 bits per heavy atom. The quantitative estimate of drug-likeness (QED) is 0.722. The van der Waals surface area contributed by atoms with E-state index in [1.807, 2.05) is 31.2 Å². The zero-order valence-electron chi connectivity index (χ0n) is 12.9. The lowest BCUT2D eigenvalue weighted by Gasteiger charge is -2.10. The van der Waals surface area contributed by atoms with E-state index >= 15 is 0 Å². The number of ether oxygens (including phenoxy) is 1. The Balaban J connectivity index is 1.52. The van der Waals surface area contributed by atoms with Gasteiger partial charge in [-0.2, -0.15) is 0 Å². The number of para-hydroxylation sites is 1. The molecule has 0 radical (unpaired) electrons. The van der Waals surface area contributed by atoms with Gasteiger partial charge in [-0.25, -0.2) is 0 Å². The molecule has 0 spiro atoms. The van der Waals surface area contributed by atoms with Crippen molar-refractivity contribution in [1.82, 2.24) is 10.6 Å². The molecule has 0 saturated carbocycles. The summed E-state index contributed by atoms with van der Waals surface area (Å²) >= 11 is 0. The van der Waals surface area contributed by atoms with E-state index in [1.165, 1.54) is 6.42 Å². The lowest BCUT2D eigenvalue weighted by Crippen LogP contribution is -2.26. The largest absolute Gasteiger partial charge is 0.493 e. The number of hydrogen-bond acceptors (Lipinski definition) is 3. The molecule has 1 heterocycles. The molecule has 1 atom stereocenters. The van der Waals surface area contributed by atoms with Crippen LogP contribution < -0.4 is 15.4 Å². The van der Waals surface area contributed by atoms with E-state index in [2.05, 4.69) is 10.6 Å². The summed E-state index contributed by atoms with van der Waals surface area (Å²) in [6, 6.07) is 7.95. The van der Waals surface area contributed by atoms with Gasteiger partial charge in [-0.05, 0) is 56.8 Å². The van der Waals surface area contributed by atoms with E-state index in [9.17, 15) is 4.79 Å². The third-order valence-corrected chi connectivity index (χ3v) is 3.94. The fourth-order valence-electron chi connectivity index (χ4n) is 2.60. The van der Waals surface area contributed by atoms with Crippen LogP contribution in [0.1, 0.15) is 31.2 Å². The predicted octanol–water partition coefficient (Wildman–Crippen LogP) is 2.27. The van der Waals surface area contributed by atoms with Gasteiger partial charge >= 0.3 is 0 Å².